The number of carbonyl (C=O) groups is 2. The molecule has 0 atom stereocenters. The maximum atomic E-state index is 12.2. The van der Waals surface area contributed by atoms with Gasteiger partial charge in [0.15, 0.2) is 18.1 Å². The van der Waals surface area contributed by atoms with Crippen LogP contribution in [0.5, 0.6) is 11.5 Å². The lowest BCUT2D eigenvalue weighted by Crippen LogP contribution is -2.20. The molecule has 2 N–H and O–H groups in total. The molecule has 0 spiro atoms. The van der Waals surface area contributed by atoms with Crippen LogP contribution in [0.25, 0.3) is 6.08 Å². The Balaban J connectivity index is 1.72. The molecule has 156 valence electrons. The average molecular weight is 595 g/mol. The molecule has 1 heterocycles. The third kappa shape index (κ3) is 5.79. The summed E-state index contributed by atoms with van der Waals surface area (Å²) in [6, 6.07) is 8.32. The number of thioether (sulfide) groups is 1. The van der Waals surface area contributed by atoms with Gasteiger partial charge in [-0.3, -0.25) is 9.59 Å². The van der Waals surface area contributed by atoms with Gasteiger partial charge < -0.3 is 20.1 Å². The Hall–Kier alpha value is -1.53. The molecule has 0 aromatic heterocycles. The number of benzene rings is 2. The molecule has 1 fully saturated rings. The van der Waals surface area contributed by atoms with Gasteiger partial charge in [-0.25, -0.2) is 0 Å². The molecule has 0 radical (unpaired) electrons. The number of nitrogens with one attached hydrogen (secondary N) is 2. The minimum atomic E-state index is -0.370. The zero-order valence-corrected chi connectivity index (χ0v) is 20.6. The number of anilines is 1. The first-order valence-electron chi connectivity index (χ1n) is 8.27. The standard InChI is InChI=1S/C19H13Cl2IN2O4S2/c1-27-14-5-9(6-15-18(26)24-19(29)30-15)4-13(22)17(14)28-8-16(25)23-10-2-3-11(20)12(21)7-10/h2-7H,8H2,1H3,(H,23,25)(H,24,26,29)/b15-6+. The van der Waals surface area contributed by atoms with E-state index in [1.54, 1.807) is 30.3 Å². The smallest absolute Gasteiger partial charge is 0.263 e. The highest BCUT2D eigenvalue weighted by Gasteiger charge is 2.22. The van der Waals surface area contributed by atoms with Crippen LogP contribution in [-0.2, 0) is 9.59 Å². The largest absolute Gasteiger partial charge is 0.493 e. The first-order chi connectivity index (χ1) is 14.3. The van der Waals surface area contributed by atoms with Crippen molar-refractivity contribution >= 4 is 97.7 Å². The van der Waals surface area contributed by atoms with E-state index in [0.717, 1.165) is 5.56 Å². The maximum absolute atomic E-state index is 12.2. The van der Waals surface area contributed by atoms with E-state index < -0.39 is 0 Å². The molecule has 2 aromatic carbocycles. The van der Waals surface area contributed by atoms with Crippen LogP contribution in [-0.4, -0.2) is 29.9 Å². The number of halogens is 3. The van der Waals surface area contributed by atoms with Gasteiger partial charge in [0.25, 0.3) is 11.8 Å². The molecule has 2 amide bonds. The van der Waals surface area contributed by atoms with Gasteiger partial charge in [0, 0.05) is 5.69 Å². The van der Waals surface area contributed by atoms with Crippen molar-refractivity contribution in [1.29, 1.82) is 0 Å². The quantitative estimate of drug-likeness (QED) is 0.275. The minimum absolute atomic E-state index is 0.237. The molecule has 0 saturated carbocycles. The Labute approximate surface area is 205 Å². The maximum Gasteiger partial charge on any atom is 0.263 e. The van der Waals surface area contributed by atoms with Crippen LogP contribution in [0.1, 0.15) is 5.56 Å². The summed E-state index contributed by atoms with van der Waals surface area (Å²) in [4.78, 5) is 24.6. The monoisotopic (exact) mass is 594 g/mol. The Kier molecular flexibility index (Phi) is 7.86. The molecule has 0 unspecified atom stereocenters. The normalized spacial score (nSPS) is 14.6. The van der Waals surface area contributed by atoms with E-state index in [1.165, 1.54) is 18.9 Å². The molecule has 0 bridgehead atoms. The van der Waals surface area contributed by atoms with Crippen LogP contribution >= 0.6 is 69.8 Å². The summed E-state index contributed by atoms with van der Waals surface area (Å²) in [5.74, 6) is 0.244. The fraction of sp³-hybridized carbons (Fsp3) is 0.105. The molecule has 1 aliphatic heterocycles. The molecule has 30 heavy (non-hydrogen) atoms. The number of rotatable bonds is 6. The van der Waals surface area contributed by atoms with Gasteiger partial charge >= 0.3 is 0 Å². The second-order valence-corrected chi connectivity index (χ2v) is 9.55. The van der Waals surface area contributed by atoms with Gasteiger partial charge in [0.2, 0.25) is 0 Å². The summed E-state index contributed by atoms with van der Waals surface area (Å²) >= 11 is 20.1. The van der Waals surface area contributed by atoms with Crippen LogP contribution in [0.3, 0.4) is 0 Å². The molecular weight excluding hydrogens is 582 g/mol. The molecule has 0 aliphatic carbocycles. The Morgan fingerprint density at radius 1 is 1.30 bits per heavy atom. The second kappa shape index (κ2) is 10.2. The third-order valence-electron chi connectivity index (χ3n) is 3.74. The molecule has 6 nitrogen and oxygen atoms in total. The van der Waals surface area contributed by atoms with E-state index in [2.05, 4.69) is 33.2 Å². The topological polar surface area (TPSA) is 76.7 Å². The predicted molar refractivity (Wildman–Crippen MR) is 133 cm³/mol. The number of thiocarbonyl (C=S) groups is 1. The van der Waals surface area contributed by atoms with Crippen molar-refractivity contribution in [3.63, 3.8) is 0 Å². The first kappa shape index (κ1) is 23.1. The number of carbonyl (C=O) groups excluding carboxylic acids is 2. The second-order valence-electron chi connectivity index (χ2n) is 5.85. The van der Waals surface area contributed by atoms with E-state index in [4.69, 9.17) is 44.9 Å². The predicted octanol–water partition coefficient (Wildman–Crippen LogP) is 5.11. The van der Waals surface area contributed by atoms with Crippen LogP contribution < -0.4 is 20.1 Å². The van der Waals surface area contributed by atoms with E-state index in [0.29, 0.717) is 40.0 Å². The summed E-state index contributed by atoms with van der Waals surface area (Å²) in [7, 11) is 1.50. The lowest BCUT2D eigenvalue weighted by Gasteiger charge is -2.14. The van der Waals surface area contributed by atoms with Crippen LogP contribution in [0.2, 0.25) is 10.0 Å². The Morgan fingerprint density at radius 2 is 2.07 bits per heavy atom. The van der Waals surface area contributed by atoms with E-state index >= 15 is 0 Å². The van der Waals surface area contributed by atoms with Gasteiger partial charge in [-0.2, -0.15) is 0 Å². The molecule has 1 aliphatic rings. The fourth-order valence-electron chi connectivity index (χ4n) is 2.44. The van der Waals surface area contributed by atoms with Crippen molar-refractivity contribution in [1.82, 2.24) is 5.32 Å². The highest BCUT2D eigenvalue weighted by Crippen LogP contribution is 2.36. The van der Waals surface area contributed by atoms with E-state index in [1.807, 2.05) is 6.07 Å². The lowest BCUT2D eigenvalue weighted by atomic mass is 10.2. The van der Waals surface area contributed by atoms with Crippen LogP contribution in [0, 0.1) is 3.57 Å². The average Bonchev–Trinajstić information content (AvgIpc) is 3.00. The SMILES string of the molecule is COc1cc(/C=C2/SC(=S)NC2=O)cc(I)c1OCC(=O)Nc1ccc(Cl)c(Cl)c1. The Bertz CT molecular complexity index is 1080. The van der Waals surface area contributed by atoms with Gasteiger partial charge in [-0.1, -0.05) is 47.2 Å². The van der Waals surface area contributed by atoms with Crippen molar-refractivity contribution in [2.75, 3.05) is 19.0 Å². The zero-order chi connectivity index (χ0) is 21.8. The highest BCUT2D eigenvalue weighted by molar-refractivity contribution is 14.1. The summed E-state index contributed by atoms with van der Waals surface area (Å²) in [5, 5.41) is 5.99. The van der Waals surface area contributed by atoms with Crippen molar-refractivity contribution in [2.45, 2.75) is 0 Å². The van der Waals surface area contributed by atoms with E-state index in [-0.39, 0.29) is 18.4 Å². The fourth-order valence-corrected chi connectivity index (χ4v) is 4.57. The van der Waals surface area contributed by atoms with Gasteiger partial charge in [0.1, 0.15) is 4.32 Å². The van der Waals surface area contributed by atoms with E-state index in [9.17, 15) is 9.59 Å². The molecule has 2 aromatic rings. The molecule has 11 heteroatoms. The molecule has 3 rings (SSSR count). The number of methoxy groups -OCH3 is 1. The number of ether oxygens (including phenoxy) is 2. The summed E-state index contributed by atoms with van der Waals surface area (Å²) in [6.07, 6.45) is 1.71. The van der Waals surface area contributed by atoms with Crippen molar-refractivity contribution in [3.8, 4) is 11.5 Å². The lowest BCUT2D eigenvalue weighted by molar-refractivity contribution is -0.118. The number of hydrogen-bond donors (Lipinski definition) is 2. The Morgan fingerprint density at radius 3 is 2.70 bits per heavy atom. The van der Waals surface area contributed by atoms with Gasteiger partial charge in [-0.15, -0.1) is 0 Å². The van der Waals surface area contributed by atoms with Crippen molar-refractivity contribution < 1.29 is 19.1 Å². The van der Waals surface area contributed by atoms with Crippen LogP contribution in [0.15, 0.2) is 35.2 Å². The molecular formula is C19H13Cl2IN2O4S2. The number of hydrogen-bond acceptors (Lipinski definition) is 6. The first-order valence-corrected chi connectivity index (χ1v) is 11.3. The summed E-state index contributed by atoms with van der Waals surface area (Å²) in [5.41, 5.74) is 1.25. The van der Waals surface area contributed by atoms with Crippen molar-refractivity contribution in [2.24, 2.45) is 0 Å². The minimum Gasteiger partial charge on any atom is -0.493 e. The van der Waals surface area contributed by atoms with Gasteiger partial charge in [-0.05, 0) is 64.6 Å². The molecule has 1 saturated heterocycles. The zero-order valence-electron chi connectivity index (χ0n) is 15.3. The third-order valence-corrected chi connectivity index (χ3v) is 6.45. The summed E-state index contributed by atoms with van der Waals surface area (Å²) < 4.78 is 12.2. The number of amides is 2. The van der Waals surface area contributed by atoms with Gasteiger partial charge in [0.05, 0.1) is 25.6 Å². The summed E-state index contributed by atoms with van der Waals surface area (Å²) in [6.45, 7) is -0.237. The van der Waals surface area contributed by atoms with Crippen molar-refractivity contribution in [3.05, 3.63) is 54.4 Å². The highest BCUT2D eigenvalue weighted by atomic mass is 127. The van der Waals surface area contributed by atoms with Crippen LogP contribution in [0.4, 0.5) is 5.69 Å².